The topological polar surface area (TPSA) is 61.4 Å². The first-order valence-corrected chi connectivity index (χ1v) is 10.5. The van der Waals surface area contributed by atoms with Crippen molar-refractivity contribution in [1.29, 1.82) is 0 Å². The molecule has 6 nitrogen and oxygen atoms in total. The zero-order valence-electron chi connectivity index (χ0n) is 16.2. The van der Waals surface area contributed by atoms with Gasteiger partial charge in [0.25, 0.3) is 0 Å². The molecule has 3 heterocycles. The number of carbonyl (C=O) groups excluding carboxylic acids is 1. The quantitative estimate of drug-likeness (QED) is 0.867. The van der Waals surface area contributed by atoms with E-state index in [2.05, 4.69) is 44.4 Å². The number of para-hydroxylation sites is 1. The van der Waals surface area contributed by atoms with E-state index in [9.17, 15) is 4.79 Å². The van der Waals surface area contributed by atoms with Gasteiger partial charge in [0.05, 0.1) is 17.6 Å². The maximum Gasteiger partial charge on any atom is 0.225 e. The van der Waals surface area contributed by atoms with Crippen LogP contribution < -0.4 is 10.2 Å². The van der Waals surface area contributed by atoms with Crippen molar-refractivity contribution in [2.24, 2.45) is 11.8 Å². The van der Waals surface area contributed by atoms with E-state index < -0.39 is 0 Å². The molecule has 1 saturated heterocycles. The van der Waals surface area contributed by atoms with Crippen molar-refractivity contribution in [2.75, 3.05) is 36.4 Å². The summed E-state index contributed by atoms with van der Waals surface area (Å²) in [6, 6.07) is 10.4. The number of benzene rings is 1. The van der Waals surface area contributed by atoms with Crippen molar-refractivity contribution in [1.82, 2.24) is 14.9 Å². The van der Waals surface area contributed by atoms with Gasteiger partial charge in [-0.3, -0.25) is 4.79 Å². The number of nitrogens with one attached hydrogen (secondary N) is 1. The molecule has 146 valence electrons. The summed E-state index contributed by atoms with van der Waals surface area (Å²) in [7, 11) is 0. The van der Waals surface area contributed by atoms with Gasteiger partial charge in [0.15, 0.2) is 0 Å². The number of piperidine rings is 1. The van der Waals surface area contributed by atoms with Crippen LogP contribution >= 0.6 is 0 Å². The summed E-state index contributed by atoms with van der Waals surface area (Å²) in [5, 5.41) is 3.42. The first kappa shape index (κ1) is 17.5. The zero-order valence-corrected chi connectivity index (χ0v) is 16.2. The van der Waals surface area contributed by atoms with Gasteiger partial charge in [0.2, 0.25) is 11.9 Å². The van der Waals surface area contributed by atoms with Crippen molar-refractivity contribution in [2.45, 2.75) is 32.1 Å². The van der Waals surface area contributed by atoms with Crippen LogP contribution in [0.4, 0.5) is 17.3 Å². The van der Waals surface area contributed by atoms with Crippen LogP contribution in [0.5, 0.6) is 0 Å². The third kappa shape index (κ3) is 3.55. The van der Waals surface area contributed by atoms with Crippen LogP contribution in [0.1, 0.15) is 31.4 Å². The molecule has 2 aromatic rings. The summed E-state index contributed by atoms with van der Waals surface area (Å²) in [6.07, 6.45) is 7.31. The predicted octanol–water partition coefficient (Wildman–Crippen LogP) is 3.23. The van der Waals surface area contributed by atoms with Crippen LogP contribution in [-0.2, 0) is 11.2 Å². The van der Waals surface area contributed by atoms with Crippen molar-refractivity contribution < 1.29 is 4.79 Å². The number of hydrogen-bond donors (Lipinski definition) is 1. The summed E-state index contributed by atoms with van der Waals surface area (Å²) in [5.41, 5.74) is 3.40. The fourth-order valence-electron chi connectivity index (χ4n) is 4.38. The Bertz CT molecular complexity index is 851. The Morgan fingerprint density at radius 3 is 2.82 bits per heavy atom. The number of anilines is 3. The molecule has 3 aliphatic rings. The van der Waals surface area contributed by atoms with E-state index in [1.54, 1.807) is 0 Å². The van der Waals surface area contributed by atoms with Gasteiger partial charge in [-0.25, -0.2) is 9.97 Å². The van der Waals surface area contributed by atoms with Crippen molar-refractivity contribution >= 4 is 23.2 Å². The zero-order chi connectivity index (χ0) is 18.9. The first-order chi connectivity index (χ1) is 13.8. The minimum atomic E-state index is 0.319. The maximum absolute atomic E-state index is 12.3. The number of carbonyl (C=O) groups is 1. The molecular weight excluding hydrogens is 350 g/mol. The summed E-state index contributed by atoms with van der Waals surface area (Å²) in [4.78, 5) is 26.0. The molecule has 1 atom stereocenters. The minimum absolute atomic E-state index is 0.319. The lowest BCUT2D eigenvalue weighted by Gasteiger charge is -2.33. The van der Waals surface area contributed by atoms with E-state index in [-0.39, 0.29) is 0 Å². The molecule has 0 unspecified atom stereocenters. The van der Waals surface area contributed by atoms with Gasteiger partial charge in [-0.1, -0.05) is 18.2 Å². The molecule has 0 bridgehead atoms. The molecule has 1 aliphatic carbocycles. The predicted molar refractivity (Wildman–Crippen MR) is 110 cm³/mol. The molecule has 6 heteroatoms. The summed E-state index contributed by atoms with van der Waals surface area (Å²) in [6.45, 7) is 3.57. The number of aromatic nitrogens is 2. The molecule has 0 spiro atoms. The minimum Gasteiger partial charge on any atom is -0.354 e. The lowest BCUT2D eigenvalue weighted by atomic mass is 9.97. The van der Waals surface area contributed by atoms with E-state index >= 15 is 0 Å². The monoisotopic (exact) mass is 377 g/mol. The SMILES string of the molecule is O=C(C1CC1)N1CCC[C@H](CNc2ncc3c(n2)CCN3c2ccccc2)C1. The molecule has 1 aromatic carbocycles. The highest BCUT2D eigenvalue weighted by Crippen LogP contribution is 2.34. The molecule has 2 aliphatic heterocycles. The second kappa shape index (κ2) is 7.41. The Morgan fingerprint density at radius 1 is 1.14 bits per heavy atom. The van der Waals surface area contributed by atoms with Crippen LogP contribution in [-0.4, -0.2) is 47.0 Å². The number of likely N-dealkylation sites (tertiary alicyclic amines) is 1. The fourth-order valence-corrected chi connectivity index (χ4v) is 4.38. The van der Waals surface area contributed by atoms with E-state index in [0.717, 1.165) is 69.7 Å². The van der Waals surface area contributed by atoms with E-state index in [1.807, 2.05) is 12.3 Å². The average Bonchev–Trinajstić information content (AvgIpc) is 3.52. The van der Waals surface area contributed by atoms with Crippen molar-refractivity contribution in [3.63, 3.8) is 0 Å². The maximum atomic E-state index is 12.3. The van der Waals surface area contributed by atoms with Gasteiger partial charge in [-0.15, -0.1) is 0 Å². The number of hydrogen-bond acceptors (Lipinski definition) is 5. The summed E-state index contributed by atoms with van der Waals surface area (Å²) in [5.74, 6) is 1.88. The first-order valence-electron chi connectivity index (χ1n) is 10.5. The second-order valence-electron chi connectivity index (χ2n) is 8.21. The van der Waals surface area contributed by atoms with Crippen LogP contribution in [0.15, 0.2) is 36.5 Å². The Hall–Kier alpha value is -2.63. The Labute approximate surface area is 166 Å². The number of rotatable bonds is 5. The third-order valence-electron chi connectivity index (χ3n) is 6.08. The third-order valence-corrected chi connectivity index (χ3v) is 6.08. The van der Waals surface area contributed by atoms with Crippen LogP contribution in [0.2, 0.25) is 0 Å². The summed E-state index contributed by atoms with van der Waals surface area (Å²) < 4.78 is 0. The number of fused-ring (bicyclic) bond motifs is 1. The van der Waals surface area contributed by atoms with Crippen LogP contribution in [0.25, 0.3) is 0 Å². The molecule has 5 rings (SSSR count). The molecule has 2 fully saturated rings. The Morgan fingerprint density at radius 2 is 2.00 bits per heavy atom. The molecular formula is C22H27N5O. The van der Waals surface area contributed by atoms with Gasteiger partial charge in [0.1, 0.15) is 0 Å². The van der Waals surface area contributed by atoms with E-state index in [1.165, 1.54) is 5.69 Å². The number of nitrogens with zero attached hydrogens (tertiary/aromatic N) is 4. The van der Waals surface area contributed by atoms with Gasteiger partial charge < -0.3 is 15.1 Å². The highest BCUT2D eigenvalue weighted by Gasteiger charge is 2.35. The lowest BCUT2D eigenvalue weighted by Crippen LogP contribution is -2.42. The molecule has 1 amide bonds. The Kier molecular flexibility index (Phi) is 4.63. The van der Waals surface area contributed by atoms with E-state index in [0.29, 0.717) is 23.7 Å². The van der Waals surface area contributed by atoms with Crippen LogP contribution in [0.3, 0.4) is 0 Å². The van der Waals surface area contributed by atoms with Crippen LogP contribution in [0, 0.1) is 11.8 Å². The molecule has 1 aromatic heterocycles. The highest BCUT2D eigenvalue weighted by molar-refractivity contribution is 5.81. The van der Waals surface area contributed by atoms with Crippen molar-refractivity contribution in [3.05, 3.63) is 42.2 Å². The van der Waals surface area contributed by atoms with Gasteiger partial charge >= 0.3 is 0 Å². The van der Waals surface area contributed by atoms with Crippen molar-refractivity contribution in [3.8, 4) is 0 Å². The fraction of sp³-hybridized carbons (Fsp3) is 0.500. The van der Waals surface area contributed by atoms with E-state index in [4.69, 9.17) is 4.98 Å². The highest BCUT2D eigenvalue weighted by atomic mass is 16.2. The molecule has 28 heavy (non-hydrogen) atoms. The summed E-state index contributed by atoms with van der Waals surface area (Å²) >= 11 is 0. The van der Waals surface area contributed by atoms with Gasteiger partial charge in [-0.2, -0.15) is 0 Å². The molecule has 1 N–H and O–H groups in total. The Balaban J connectivity index is 1.21. The normalized spacial score (nSPS) is 21.5. The molecule has 1 saturated carbocycles. The second-order valence-corrected chi connectivity index (χ2v) is 8.21. The van der Waals surface area contributed by atoms with Gasteiger partial charge in [0, 0.05) is 44.2 Å². The smallest absolute Gasteiger partial charge is 0.225 e. The molecule has 0 radical (unpaired) electrons. The number of amides is 1. The standard InChI is InChI=1S/C22H27N5O/c28-21(17-8-9-17)26-11-4-5-16(15-26)13-23-22-24-14-20-19(25-22)10-12-27(20)18-6-2-1-3-7-18/h1-3,6-7,14,16-17H,4-5,8-13,15H2,(H,23,24,25)/t16-/m1/s1. The lowest BCUT2D eigenvalue weighted by molar-refractivity contribution is -0.134. The van der Waals surface area contributed by atoms with Gasteiger partial charge in [-0.05, 0) is 43.7 Å². The average molecular weight is 377 g/mol. The largest absolute Gasteiger partial charge is 0.354 e.